The van der Waals surface area contributed by atoms with Crippen molar-refractivity contribution < 1.29 is 4.59 Å². The van der Waals surface area contributed by atoms with Crippen molar-refractivity contribution >= 4 is 62.1 Å². The summed E-state index contributed by atoms with van der Waals surface area (Å²) in [6.45, 7) is 0. The van der Waals surface area contributed by atoms with Gasteiger partial charge < -0.3 is 0 Å². The first-order valence-electron chi connectivity index (χ1n) is 3.45. The first-order chi connectivity index (χ1) is 5.39. The van der Waals surface area contributed by atoms with Crippen LogP contribution in [0.2, 0.25) is 0 Å². The molecule has 0 aliphatic heterocycles. The van der Waals surface area contributed by atoms with Crippen LogP contribution in [0.1, 0.15) is 0 Å². The van der Waals surface area contributed by atoms with E-state index in [1.54, 1.807) is 0 Å². The van der Waals surface area contributed by atoms with Gasteiger partial charge in [0.05, 0.1) is 21.1 Å². The van der Waals surface area contributed by atoms with Gasteiger partial charge in [0.15, 0.2) is 0 Å². The molecule has 0 fully saturated rings. The SMILES string of the molecule is CN(C)[N+](C)(C)C.[Cl][Sb-]([Cl])([Cl])([Cl])([Cl])[Cl]. The molecule has 0 amide bonds. The fourth-order valence-corrected chi connectivity index (χ4v) is 0. The molecule has 0 rings (SSSR count). The van der Waals surface area contributed by atoms with Gasteiger partial charge in [-0.2, -0.15) is 5.01 Å². The molecular weight excluding hydrogens is 423 g/mol. The predicted octanol–water partition coefficient (Wildman–Crippen LogP) is 3.93. The van der Waals surface area contributed by atoms with Crippen molar-refractivity contribution in [2.75, 3.05) is 35.2 Å². The number of quaternary nitrogens is 1. The minimum atomic E-state index is -5.42. The molecule has 0 atom stereocenters. The van der Waals surface area contributed by atoms with Gasteiger partial charge >= 0.3 is 62.1 Å². The van der Waals surface area contributed by atoms with Crippen LogP contribution in [0.5, 0.6) is 0 Å². The number of hydrogen-bond acceptors (Lipinski definition) is 1. The molecule has 0 aromatic rings. The summed E-state index contributed by atoms with van der Waals surface area (Å²) in [6.07, 6.45) is 0. The summed E-state index contributed by atoms with van der Waals surface area (Å²) in [5, 5.41) is 2.12. The van der Waals surface area contributed by atoms with Crippen molar-refractivity contribution in [2.24, 2.45) is 0 Å². The third kappa shape index (κ3) is 36.6. The van der Waals surface area contributed by atoms with E-state index in [1.165, 1.54) is 0 Å². The Morgan fingerprint density at radius 3 is 0.857 bits per heavy atom. The first-order valence-corrected chi connectivity index (χ1v) is 22.8. The molecule has 92 valence electrons. The third-order valence-electron chi connectivity index (χ3n) is 1.20. The van der Waals surface area contributed by atoms with Crippen LogP contribution in [0.4, 0.5) is 0 Å². The predicted molar refractivity (Wildman–Crippen MR) is 72.6 cm³/mol. The minimum absolute atomic E-state index is 0.889. The fourth-order valence-electron chi connectivity index (χ4n) is 0. The van der Waals surface area contributed by atoms with E-state index in [-0.39, 0.29) is 0 Å². The zero-order valence-corrected chi connectivity index (χ0v) is 15.7. The van der Waals surface area contributed by atoms with Gasteiger partial charge in [0.1, 0.15) is 0 Å². The van der Waals surface area contributed by atoms with E-state index >= 15 is 0 Å². The Labute approximate surface area is 106 Å². The van der Waals surface area contributed by atoms with Crippen LogP contribution in [0.15, 0.2) is 0 Å². The molecule has 0 unspecified atom stereocenters. The van der Waals surface area contributed by atoms with Gasteiger partial charge in [-0.05, 0) is 0 Å². The first kappa shape index (κ1) is 18.8. The average molecular weight is 438 g/mol. The topological polar surface area (TPSA) is 3.24 Å². The molecule has 9 heteroatoms. The molecule has 0 saturated heterocycles. The van der Waals surface area contributed by atoms with E-state index in [9.17, 15) is 0 Å². The average Bonchev–Trinajstić information content (AvgIpc) is 1.50. The van der Waals surface area contributed by atoms with Gasteiger partial charge in [-0.1, -0.05) is 0 Å². The summed E-state index contributed by atoms with van der Waals surface area (Å²) in [6, 6.07) is 0. The molecule has 0 N–H and O–H groups in total. The van der Waals surface area contributed by atoms with Crippen molar-refractivity contribution in [2.45, 2.75) is 0 Å². The summed E-state index contributed by atoms with van der Waals surface area (Å²) >= 11 is 0. The quantitative estimate of drug-likeness (QED) is 0.341. The molecule has 14 heavy (non-hydrogen) atoms. The Balaban J connectivity index is 0. The normalized spacial score (nSPS) is 18.0. The molecule has 0 spiro atoms. The zero-order valence-electron chi connectivity index (χ0n) is 8.61. The van der Waals surface area contributed by atoms with Crippen LogP contribution in [0.3, 0.4) is 0 Å². The van der Waals surface area contributed by atoms with Gasteiger partial charge in [0, 0.05) is 14.1 Å². The van der Waals surface area contributed by atoms with Crippen LogP contribution in [0, 0.1) is 0 Å². The van der Waals surface area contributed by atoms with Crippen molar-refractivity contribution in [3.8, 4) is 0 Å². The van der Waals surface area contributed by atoms with E-state index in [1.807, 2.05) is 0 Å². The molecule has 2 nitrogen and oxygen atoms in total. The monoisotopic (exact) mass is 434 g/mol. The molecule has 0 aliphatic carbocycles. The van der Waals surface area contributed by atoms with Gasteiger partial charge in [-0.25, -0.2) is 0 Å². The van der Waals surface area contributed by atoms with Crippen LogP contribution < -0.4 is 0 Å². The van der Waals surface area contributed by atoms with Gasteiger partial charge in [-0.3, -0.25) is 4.59 Å². The Bertz CT molecular complexity index is 174. The van der Waals surface area contributed by atoms with E-state index in [4.69, 9.17) is 53.0 Å². The number of halogens is 6. The van der Waals surface area contributed by atoms with Crippen LogP contribution in [-0.4, -0.2) is 54.0 Å². The van der Waals surface area contributed by atoms with Crippen molar-refractivity contribution in [3.05, 3.63) is 0 Å². The molecule has 0 radical (unpaired) electrons. The molecule has 0 heterocycles. The third-order valence-corrected chi connectivity index (χ3v) is 1.20. The van der Waals surface area contributed by atoms with Crippen molar-refractivity contribution in [1.29, 1.82) is 0 Å². The maximum atomic E-state index is 5.06. The molecule has 0 aliphatic rings. The van der Waals surface area contributed by atoms with Gasteiger partial charge in [-0.15, -0.1) is 0 Å². The summed E-state index contributed by atoms with van der Waals surface area (Å²) in [5.41, 5.74) is 0. The zero-order chi connectivity index (χ0) is 12.5. The van der Waals surface area contributed by atoms with Crippen molar-refractivity contribution in [3.63, 3.8) is 0 Å². The molecular formula is C5H15Cl6N2Sb. The molecule has 0 saturated carbocycles. The number of nitrogens with zero attached hydrogens (tertiary/aromatic N) is 2. The standard InChI is InChI=1S/C5H15N2.6ClH.Sb/c1-6(2)7(3,4)5;;;;;;;/h1-5H3;6*1H;/q+1;;;;;;;+5/p-6. The second-order valence-corrected chi connectivity index (χ2v) is 60.6. The summed E-state index contributed by atoms with van der Waals surface area (Å²) in [5.74, 6) is 0. The van der Waals surface area contributed by atoms with E-state index in [0.29, 0.717) is 0 Å². The van der Waals surface area contributed by atoms with Gasteiger partial charge in [0.2, 0.25) is 0 Å². The van der Waals surface area contributed by atoms with Crippen LogP contribution in [0.25, 0.3) is 0 Å². The van der Waals surface area contributed by atoms with Gasteiger partial charge in [0.25, 0.3) is 0 Å². The Kier molecular flexibility index (Phi) is 6.23. The number of rotatable bonds is 1. The summed E-state index contributed by atoms with van der Waals surface area (Å²) in [7, 11) is 35.5. The Morgan fingerprint density at radius 2 is 0.857 bits per heavy atom. The Hall–Kier alpha value is 2.48. The summed E-state index contributed by atoms with van der Waals surface area (Å²) < 4.78 is 0.889. The molecule has 0 aromatic heterocycles. The number of hydrogen-bond donors (Lipinski definition) is 0. The maximum absolute atomic E-state index is 5.42. The second-order valence-electron chi connectivity index (χ2n) is 3.75. The van der Waals surface area contributed by atoms with E-state index in [2.05, 4.69) is 40.2 Å². The van der Waals surface area contributed by atoms with Crippen LogP contribution in [-0.2, 0) is 0 Å². The van der Waals surface area contributed by atoms with E-state index < -0.39 is 9.14 Å². The second kappa shape index (κ2) is 4.63. The van der Waals surface area contributed by atoms with E-state index in [0.717, 1.165) is 4.59 Å². The van der Waals surface area contributed by atoms with Crippen molar-refractivity contribution in [1.82, 2.24) is 5.01 Å². The molecule has 0 aromatic carbocycles. The van der Waals surface area contributed by atoms with Crippen LogP contribution >= 0.6 is 53.0 Å². The summed E-state index contributed by atoms with van der Waals surface area (Å²) in [4.78, 5) is 0. The fraction of sp³-hybridized carbons (Fsp3) is 1.00. The Morgan fingerprint density at radius 1 is 0.786 bits per heavy atom. The molecule has 0 bridgehead atoms.